The Kier molecular flexibility index (Phi) is 5.93. The molecule has 0 amide bonds. The maximum Gasteiger partial charge on any atom is 0.459 e. The number of hydrogen-bond donors (Lipinski definition) is 1. The summed E-state index contributed by atoms with van der Waals surface area (Å²) < 4.78 is 33.8. The van der Waals surface area contributed by atoms with Gasteiger partial charge < -0.3 is 24.1 Å². The molecule has 0 aliphatic carbocycles. The van der Waals surface area contributed by atoms with Gasteiger partial charge in [-0.3, -0.25) is 0 Å². The van der Waals surface area contributed by atoms with Gasteiger partial charge in [0.05, 0.1) is 19.0 Å². The number of benzene rings is 2. The summed E-state index contributed by atoms with van der Waals surface area (Å²) in [6.45, 7) is 0.427. The number of nitrogens with zero attached hydrogens (tertiary/aromatic N) is 4. The smallest absolute Gasteiger partial charge is 0.414 e. The summed E-state index contributed by atoms with van der Waals surface area (Å²) in [7, 11) is -3.72. The second-order valence-electron chi connectivity index (χ2n) is 7.58. The fourth-order valence-corrected chi connectivity index (χ4v) is 5.83. The maximum atomic E-state index is 14.0. The minimum absolute atomic E-state index is 0.0662. The monoisotopic (exact) mass is 485 g/mol. The quantitative estimate of drug-likeness (QED) is 0.290. The summed E-state index contributed by atoms with van der Waals surface area (Å²) >= 11 is 6.12. The summed E-state index contributed by atoms with van der Waals surface area (Å²) in [5.41, 5.74) is 6.72. The van der Waals surface area contributed by atoms with Crippen molar-refractivity contribution in [1.29, 1.82) is 0 Å². The summed E-state index contributed by atoms with van der Waals surface area (Å²) in [6.07, 6.45) is 2.52. The van der Waals surface area contributed by atoms with E-state index in [-0.39, 0.29) is 17.2 Å². The van der Waals surface area contributed by atoms with Crippen LogP contribution in [0.4, 0.5) is 5.95 Å². The Morgan fingerprint density at radius 2 is 1.67 bits per heavy atom. The molecule has 3 heterocycles. The number of hydrogen-bond acceptors (Lipinski definition) is 8. The molecule has 2 aromatic heterocycles. The van der Waals surface area contributed by atoms with Crippen LogP contribution in [0.25, 0.3) is 11.2 Å². The van der Waals surface area contributed by atoms with Crippen molar-refractivity contribution in [2.75, 3.05) is 5.73 Å². The van der Waals surface area contributed by atoms with Crippen LogP contribution >= 0.6 is 19.2 Å². The van der Waals surface area contributed by atoms with Gasteiger partial charge in [0.25, 0.3) is 0 Å². The molecule has 11 heteroatoms. The number of ether oxygens (including phenoxy) is 1. The number of anilines is 1. The first-order chi connectivity index (χ1) is 16.0. The van der Waals surface area contributed by atoms with Gasteiger partial charge in [0.15, 0.2) is 16.6 Å². The Labute approximate surface area is 195 Å². The molecule has 9 nitrogen and oxygen atoms in total. The van der Waals surface area contributed by atoms with Crippen LogP contribution in [0.1, 0.15) is 12.8 Å². The van der Waals surface area contributed by atoms with E-state index in [9.17, 15) is 4.57 Å². The lowest BCUT2D eigenvalue weighted by molar-refractivity contribution is 0.0640. The molecule has 170 valence electrons. The molecule has 0 bridgehead atoms. The van der Waals surface area contributed by atoms with Crippen molar-refractivity contribution in [3.05, 3.63) is 72.1 Å². The summed E-state index contributed by atoms with van der Waals surface area (Å²) in [5.74, 6) is 0.231. The van der Waals surface area contributed by atoms with Crippen molar-refractivity contribution in [2.24, 2.45) is 0 Å². The highest BCUT2D eigenvalue weighted by Crippen LogP contribution is 2.57. The first-order valence-electron chi connectivity index (χ1n) is 10.4. The van der Waals surface area contributed by atoms with E-state index in [2.05, 4.69) is 15.0 Å². The van der Waals surface area contributed by atoms with E-state index < -0.39 is 13.4 Å². The molecule has 0 unspecified atom stereocenters. The van der Waals surface area contributed by atoms with Gasteiger partial charge in [0.1, 0.15) is 17.0 Å². The fraction of sp³-hybridized carbons (Fsp3) is 0.227. The molecule has 1 aliphatic rings. The maximum absolute atomic E-state index is 14.0. The number of rotatable bonds is 7. The van der Waals surface area contributed by atoms with Crippen LogP contribution < -0.4 is 14.8 Å². The van der Waals surface area contributed by atoms with Crippen LogP contribution in [-0.2, 0) is 15.8 Å². The number of aromatic nitrogens is 4. The zero-order valence-corrected chi connectivity index (χ0v) is 19.1. The van der Waals surface area contributed by atoms with Gasteiger partial charge in [0, 0.05) is 0 Å². The number of para-hydroxylation sites is 2. The van der Waals surface area contributed by atoms with Crippen molar-refractivity contribution >= 4 is 36.3 Å². The van der Waals surface area contributed by atoms with Gasteiger partial charge in [-0.15, -0.1) is 0 Å². The van der Waals surface area contributed by atoms with Gasteiger partial charge in [-0.2, -0.15) is 9.97 Å². The van der Waals surface area contributed by atoms with E-state index in [4.69, 9.17) is 31.1 Å². The Hall–Kier alpha value is -3.13. The average molecular weight is 486 g/mol. The molecule has 0 saturated carbocycles. The number of halogens is 1. The van der Waals surface area contributed by atoms with Crippen molar-refractivity contribution in [3.8, 4) is 11.5 Å². The van der Waals surface area contributed by atoms with Gasteiger partial charge in [-0.25, -0.2) is 9.55 Å². The molecule has 1 aliphatic heterocycles. The zero-order valence-electron chi connectivity index (χ0n) is 17.5. The van der Waals surface area contributed by atoms with E-state index in [0.29, 0.717) is 42.0 Å². The Balaban J connectivity index is 1.37. The molecule has 2 aromatic carbocycles. The first kappa shape index (κ1) is 21.7. The first-order valence-corrected chi connectivity index (χ1v) is 12.4. The second-order valence-corrected chi connectivity index (χ2v) is 9.96. The SMILES string of the molecule is Nc1nc(Cl)c2ncn(C[C@@H]3CC[C@@H](P(=O)(Oc4ccccc4)Oc4ccccc4)O3)c2n1. The van der Waals surface area contributed by atoms with Crippen LogP contribution in [0.15, 0.2) is 67.0 Å². The third-order valence-corrected chi connectivity index (χ3v) is 7.51. The van der Waals surface area contributed by atoms with Crippen LogP contribution in [0.3, 0.4) is 0 Å². The molecule has 1 fully saturated rings. The van der Waals surface area contributed by atoms with Gasteiger partial charge >= 0.3 is 7.60 Å². The molecule has 2 N–H and O–H groups in total. The normalized spacial score (nSPS) is 18.5. The Morgan fingerprint density at radius 3 is 2.30 bits per heavy atom. The van der Waals surface area contributed by atoms with E-state index in [1.54, 1.807) is 35.2 Å². The largest absolute Gasteiger partial charge is 0.459 e. The van der Waals surface area contributed by atoms with Gasteiger partial charge in [-0.05, 0) is 37.1 Å². The van der Waals surface area contributed by atoms with E-state index >= 15 is 0 Å². The summed E-state index contributed by atoms with van der Waals surface area (Å²) in [5, 5.41) is 0.193. The van der Waals surface area contributed by atoms with Crippen molar-refractivity contribution in [1.82, 2.24) is 19.5 Å². The molecular weight excluding hydrogens is 465 g/mol. The van der Waals surface area contributed by atoms with Crippen molar-refractivity contribution < 1.29 is 18.3 Å². The average Bonchev–Trinajstić information content (AvgIpc) is 3.44. The standard InChI is InChI=1S/C22H21ClN5O4P/c23-20-19-21(27-22(24)26-20)28(14-25-19)13-17-11-12-18(30-17)33(29,31-15-7-3-1-4-8-15)32-16-9-5-2-6-10-16/h1-10,14,17-18H,11-13H2,(H2,24,26,27)/t17-,18+/m0/s1. The lowest BCUT2D eigenvalue weighted by Gasteiger charge is -2.25. The predicted molar refractivity (Wildman–Crippen MR) is 124 cm³/mol. The molecule has 4 aromatic rings. The zero-order chi connectivity index (χ0) is 22.8. The Bertz CT molecular complexity index is 1260. The van der Waals surface area contributed by atoms with Crippen LogP contribution in [-0.4, -0.2) is 31.5 Å². The summed E-state index contributed by atoms with van der Waals surface area (Å²) in [6, 6.07) is 17.9. The highest BCUT2D eigenvalue weighted by Gasteiger charge is 2.45. The lowest BCUT2D eigenvalue weighted by Crippen LogP contribution is -2.20. The van der Waals surface area contributed by atoms with E-state index in [0.717, 1.165) is 0 Å². The molecule has 0 spiro atoms. The fourth-order valence-electron chi connectivity index (χ4n) is 3.73. The number of nitrogens with two attached hydrogens (primary N) is 1. The molecule has 2 atom stereocenters. The minimum atomic E-state index is -3.72. The third-order valence-electron chi connectivity index (χ3n) is 5.23. The minimum Gasteiger partial charge on any atom is -0.414 e. The molecule has 1 saturated heterocycles. The van der Waals surface area contributed by atoms with Crippen molar-refractivity contribution in [2.45, 2.75) is 31.3 Å². The summed E-state index contributed by atoms with van der Waals surface area (Å²) in [4.78, 5) is 12.4. The molecule has 33 heavy (non-hydrogen) atoms. The van der Waals surface area contributed by atoms with Crippen LogP contribution in [0, 0.1) is 0 Å². The topological polar surface area (TPSA) is 114 Å². The van der Waals surface area contributed by atoms with Crippen molar-refractivity contribution in [3.63, 3.8) is 0 Å². The number of fused-ring (bicyclic) bond motifs is 1. The van der Waals surface area contributed by atoms with Gasteiger partial charge in [-0.1, -0.05) is 48.0 Å². The van der Waals surface area contributed by atoms with Crippen LogP contribution in [0.5, 0.6) is 11.5 Å². The van der Waals surface area contributed by atoms with E-state index in [1.165, 1.54) is 0 Å². The van der Waals surface area contributed by atoms with Gasteiger partial charge in [0.2, 0.25) is 5.95 Å². The predicted octanol–water partition coefficient (Wildman–Crippen LogP) is 4.92. The highest BCUT2D eigenvalue weighted by molar-refractivity contribution is 7.55. The molecule has 5 rings (SSSR count). The Morgan fingerprint density at radius 1 is 1.03 bits per heavy atom. The van der Waals surface area contributed by atoms with Crippen LogP contribution in [0.2, 0.25) is 5.15 Å². The molecular formula is C22H21ClN5O4P. The number of imidazole rings is 1. The molecule has 0 radical (unpaired) electrons. The highest BCUT2D eigenvalue weighted by atomic mass is 35.5. The second kappa shape index (κ2) is 9.02. The number of nitrogen functional groups attached to an aromatic ring is 1. The third kappa shape index (κ3) is 4.66. The van der Waals surface area contributed by atoms with E-state index in [1.807, 2.05) is 36.4 Å². The lowest BCUT2D eigenvalue weighted by atomic mass is 10.2.